The lowest BCUT2D eigenvalue weighted by molar-refractivity contribution is 0.0927. The Kier molecular flexibility index (Phi) is 3.04. The average molecular weight is 248 g/mol. The summed E-state index contributed by atoms with van der Waals surface area (Å²) in [6, 6.07) is 18.1. The molecule has 2 atom stereocenters. The van der Waals surface area contributed by atoms with Gasteiger partial charge in [0.15, 0.2) is 5.78 Å². The Bertz CT molecular complexity index is 608. The molecule has 1 nitrogen and oxygen atoms in total. The molecule has 0 spiro atoms. The highest BCUT2D eigenvalue weighted by Crippen LogP contribution is 2.37. The Balaban J connectivity index is 1.82. The lowest BCUT2D eigenvalue weighted by Crippen LogP contribution is -2.25. The number of carbonyl (C=O) groups is 1. The van der Waals surface area contributed by atoms with Crippen LogP contribution < -0.4 is 0 Å². The molecule has 2 aromatic carbocycles. The van der Waals surface area contributed by atoms with Gasteiger partial charge in [-0.25, -0.2) is 0 Å². The topological polar surface area (TPSA) is 17.1 Å². The van der Waals surface area contributed by atoms with E-state index in [0.29, 0.717) is 0 Å². The molecule has 0 unspecified atom stereocenters. The third-order valence-corrected chi connectivity index (χ3v) is 3.74. The van der Waals surface area contributed by atoms with Crippen molar-refractivity contribution in [2.24, 2.45) is 5.92 Å². The van der Waals surface area contributed by atoms with E-state index in [2.05, 4.69) is 18.2 Å². The van der Waals surface area contributed by atoms with Crippen LogP contribution in [0.5, 0.6) is 0 Å². The maximum atomic E-state index is 12.5. The van der Waals surface area contributed by atoms with Crippen LogP contribution in [0.4, 0.5) is 0 Å². The van der Waals surface area contributed by atoms with Gasteiger partial charge in [0, 0.05) is 11.5 Å². The number of benzene rings is 2. The fourth-order valence-electron chi connectivity index (χ4n) is 2.49. The summed E-state index contributed by atoms with van der Waals surface area (Å²) in [6.45, 7) is 2.03. The smallest absolute Gasteiger partial charge is 0.170 e. The summed E-state index contributed by atoms with van der Waals surface area (Å²) < 4.78 is 0. The molecule has 0 fully saturated rings. The molecule has 2 aromatic rings. The summed E-state index contributed by atoms with van der Waals surface area (Å²) in [4.78, 5) is 12.5. The number of hydrogen-bond donors (Lipinski definition) is 0. The fourth-order valence-corrected chi connectivity index (χ4v) is 2.49. The third-order valence-electron chi connectivity index (χ3n) is 3.74. The molecule has 0 saturated carbocycles. The Hall–Kier alpha value is -2.15. The van der Waals surface area contributed by atoms with Gasteiger partial charge in [0.25, 0.3) is 0 Å². The molecule has 1 aliphatic carbocycles. The first-order valence-electron chi connectivity index (χ1n) is 6.60. The van der Waals surface area contributed by atoms with Gasteiger partial charge in [0.05, 0.1) is 5.92 Å². The Morgan fingerprint density at radius 1 is 0.895 bits per heavy atom. The van der Waals surface area contributed by atoms with Crippen molar-refractivity contribution in [3.05, 3.63) is 83.4 Å². The van der Waals surface area contributed by atoms with E-state index >= 15 is 0 Å². The first kappa shape index (κ1) is 11.9. The number of Topliss-reactive ketones (excluding diaryl/α,β-unsaturated/α-hetero) is 1. The Labute approximate surface area is 113 Å². The second-order valence-electron chi connectivity index (χ2n) is 5.08. The molecule has 0 amide bonds. The lowest BCUT2D eigenvalue weighted by atomic mass is 9.74. The van der Waals surface area contributed by atoms with E-state index in [-0.39, 0.29) is 17.6 Å². The van der Waals surface area contributed by atoms with E-state index in [4.69, 9.17) is 0 Å². The van der Waals surface area contributed by atoms with Gasteiger partial charge in [-0.2, -0.15) is 0 Å². The minimum Gasteiger partial charge on any atom is -0.293 e. The predicted octanol–water partition coefficient (Wildman–Crippen LogP) is 4.15. The van der Waals surface area contributed by atoms with Gasteiger partial charge in [-0.3, -0.25) is 4.79 Å². The Morgan fingerprint density at radius 2 is 1.58 bits per heavy atom. The number of rotatable bonds is 3. The van der Waals surface area contributed by atoms with Crippen LogP contribution >= 0.6 is 0 Å². The Morgan fingerprint density at radius 3 is 2.16 bits per heavy atom. The molecule has 3 rings (SSSR count). The van der Waals surface area contributed by atoms with Crippen LogP contribution in [0.15, 0.2) is 66.7 Å². The van der Waals surface area contributed by atoms with Crippen molar-refractivity contribution in [2.75, 3.05) is 0 Å². The first-order chi connectivity index (χ1) is 9.25. The maximum Gasteiger partial charge on any atom is 0.170 e. The van der Waals surface area contributed by atoms with Gasteiger partial charge in [0.2, 0.25) is 0 Å². The highest BCUT2D eigenvalue weighted by molar-refractivity contribution is 6.00. The number of aryl methyl sites for hydroxylation is 1. The van der Waals surface area contributed by atoms with Crippen molar-refractivity contribution in [3.63, 3.8) is 0 Å². The van der Waals surface area contributed by atoms with Crippen molar-refractivity contribution < 1.29 is 4.79 Å². The molecule has 0 bridgehead atoms. The molecule has 0 saturated heterocycles. The molecule has 0 N–H and O–H groups in total. The van der Waals surface area contributed by atoms with Gasteiger partial charge < -0.3 is 0 Å². The highest BCUT2D eigenvalue weighted by atomic mass is 16.1. The molecule has 0 heterocycles. The summed E-state index contributed by atoms with van der Waals surface area (Å²) in [6.07, 6.45) is 4.13. The molecular weight excluding hydrogens is 232 g/mol. The van der Waals surface area contributed by atoms with E-state index in [9.17, 15) is 4.79 Å². The number of carbonyl (C=O) groups excluding carboxylic acids is 1. The van der Waals surface area contributed by atoms with Crippen LogP contribution in [0.25, 0.3) is 0 Å². The van der Waals surface area contributed by atoms with Crippen LogP contribution in [0.3, 0.4) is 0 Å². The van der Waals surface area contributed by atoms with Gasteiger partial charge >= 0.3 is 0 Å². The second kappa shape index (κ2) is 4.85. The van der Waals surface area contributed by atoms with E-state index < -0.39 is 0 Å². The largest absolute Gasteiger partial charge is 0.293 e. The van der Waals surface area contributed by atoms with Crippen LogP contribution in [0, 0.1) is 12.8 Å². The number of allylic oxidation sites excluding steroid dienone is 2. The lowest BCUT2D eigenvalue weighted by Gasteiger charge is -2.28. The molecular formula is C18H16O. The minimum absolute atomic E-state index is 0.00916. The van der Waals surface area contributed by atoms with Gasteiger partial charge in [0.1, 0.15) is 0 Å². The number of hydrogen-bond acceptors (Lipinski definition) is 1. The summed E-state index contributed by atoms with van der Waals surface area (Å²) >= 11 is 0. The van der Waals surface area contributed by atoms with Crippen molar-refractivity contribution in [1.82, 2.24) is 0 Å². The summed E-state index contributed by atoms with van der Waals surface area (Å²) in [5, 5.41) is 0. The first-order valence-corrected chi connectivity index (χ1v) is 6.60. The number of ketones is 1. The summed E-state index contributed by atoms with van der Waals surface area (Å²) in [7, 11) is 0. The van der Waals surface area contributed by atoms with E-state index in [1.54, 1.807) is 0 Å². The van der Waals surface area contributed by atoms with E-state index in [1.807, 2.05) is 55.5 Å². The zero-order valence-corrected chi connectivity index (χ0v) is 10.9. The fraction of sp³-hybridized carbons (Fsp3) is 0.167. The molecule has 94 valence electrons. The van der Waals surface area contributed by atoms with E-state index in [0.717, 1.165) is 5.56 Å². The van der Waals surface area contributed by atoms with Crippen molar-refractivity contribution in [1.29, 1.82) is 0 Å². The van der Waals surface area contributed by atoms with Crippen LogP contribution in [-0.2, 0) is 0 Å². The molecule has 1 heteroatoms. The van der Waals surface area contributed by atoms with Gasteiger partial charge in [-0.05, 0) is 12.5 Å². The SMILES string of the molecule is Cc1ccc(C(=O)[C@@H]2C=C[C@@H]2c2ccccc2)cc1. The standard InChI is InChI=1S/C18H16O/c1-13-7-9-15(10-8-13)18(19)17-12-11-16(17)14-5-3-2-4-6-14/h2-12,16-17H,1H3/t16-,17-/m1/s1. The predicted molar refractivity (Wildman–Crippen MR) is 77.3 cm³/mol. The van der Waals surface area contributed by atoms with Gasteiger partial charge in [-0.15, -0.1) is 0 Å². The zero-order valence-electron chi connectivity index (χ0n) is 10.9. The molecule has 1 aliphatic rings. The zero-order chi connectivity index (χ0) is 13.2. The third kappa shape index (κ3) is 2.24. The van der Waals surface area contributed by atoms with Crippen LogP contribution in [-0.4, -0.2) is 5.78 Å². The molecule has 19 heavy (non-hydrogen) atoms. The maximum absolute atomic E-state index is 12.5. The highest BCUT2D eigenvalue weighted by Gasteiger charge is 2.32. The van der Waals surface area contributed by atoms with Crippen LogP contribution in [0.1, 0.15) is 27.4 Å². The summed E-state index contributed by atoms with van der Waals surface area (Å²) in [5.41, 5.74) is 3.21. The summed E-state index contributed by atoms with van der Waals surface area (Å²) in [5.74, 6) is 0.441. The van der Waals surface area contributed by atoms with Crippen molar-refractivity contribution in [2.45, 2.75) is 12.8 Å². The molecule has 0 aromatic heterocycles. The van der Waals surface area contributed by atoms with Crippen molar-refractivity contribution >= 4 is 5.78 Å². The minimum atomic E-state index is -0.00916. The molecule has 0 aliphatic heterocycles. The second-order valence-corrected chi connectivity index (χ2v) is 5.08. The van der Waals surface area contributed by atoms with Crippen LogP contribution in [0.2, 0.25) is 0 Å². The van der Waals surface area contributed by atoms with Gasteiger partial charge in [-0.1, -0.05) is 72.3 Å². The van der Waals surface area contributed by atoms with Crippen molar-refractivity contribution in [3.8, 4) is 0 Å². The average Bonchev–Trinajstić information content (AvgIpc) is 2.39. The normalized spacial score (nSPS) is 20.9. The monoisotopic (exact) mass is 248 g/mol. The molecule has 0 radical (unpaired) electrons. The van der Waals surface area contributed by atoms with E-state index in [1.165, 1.54) is 11.1 Å². The quantitative estimate of drug-likeness (QED) is 0.589.